The maximum atomic E-state index is 11.4. The minimum Gasteiger partial charge on any atom is -0.481 e. The first kappa shape index (κ1) is 12.8. The number of halogens is 2. The van der Waals surface area contributed by atoms with Gasteiger partial charge in [0.1, 0.15) is 5.92 Å². The number of nitrogens with one attached hydrogen (secondary N) is 1. The van der Waals surface area contributed by atoms with E-state index in [1.54, 1.807) is 18.2 Å². The van der Waals surface area contributed by atoms with Crippen LogP contribution < -0.4 is 5.32 Å². The van der Waals surface area contributed by atoms with Crippen LogP contribution in [0.1, 0.15) is 6.92 Å². The number of hydrogen-bond donors (Lipinski definition) is 2. The van der Waals surface area contributed by atoms with Crippen LogP contribution in [0.25, 0.3) is 0 Å². The van der Waals surface area contributed by atoms with Crippen LogP contribution in [0.5, 0.6) is 0 Å². The van der Waals surface area contributed by atoms with Gasteiger partial charge in [0.15, 0.2) is 0 Å². The molecule has 1 unspecified atom stereocenters. The van der Waals surface area contributed by atoms with Crippen molar-refractivity contribution >= 4 is 40.8 Å². The SMILES string of the molecule is CC(C(=O)O)C(=O)Nc1c(Cl)cccc1Cl. The third-order valence-corrected chi connectivity index (χ3v) is 2.60. The van der Waals surface area contributed by atoms with E-state index in [0.29, 0.717) is 0 Å². The highest BCUT2D eigenvalue weighted by Crippen LogP contribution is 2.30. The standard InChI is InChI=1S/C10H9Cl2NO3/c1-5(10(15)16)9(14)13-8-6(11)3-2-4-7(8)12/h2-5H,1H3,(H,13,14)(H,15,16). The molecule has 0 fully saturated rings. The van der Waals surface area contributed by atoms with E-state index in [4.69, 9.17) is 28.3 Å². The molecule has 1 aromatic carbocycles. The van der Waals surface area contributed by atoms with Crippen molar-refractivity contribution in [3.63, 3.8) is 0 Å². The Morgan fingerprint density at radius 3 is 2.25 bits per heavy atom. The lowest BCUT2D eigenvalue weighted by Gasteiger charge is -2.11. The maximum Gasteiger partial charge on any atom is 0.315 e. The van der Waals surface area contributed by atoms with Crippen LogP contribution >= 0.6 is 23.2 Å². The van der Waals surface area contributed by atoms with Crippen molar-refractivity contribution in [2.45, 2.75) is 6.92 Å². The van der Waals surface area contributed by atoms with Gasteiger partial charge in [-0.25, -0.2) is 0 Å². The van der Waals surface area contributed by atoms with Crippen LogP contribution in [-0.4, -0.2) is 17.0 Å². The van der Waals surface area contributed by atoms with Gasteiger partial charge in [-0.1, -0.05) is 29.3 Å². The summed E-state index contributed by atoms with van der Waals surface area (Å²) in [6.45, 7) is 1.28. The quantitative estimate of drug-likeness (QED) is 0.823. The van der Waals surface area contributed by atoms with Crippen molar-refractivity contribution in [2.24, 2.45) is 5.92 Å². The second-order valence-electron chi connectivity index (χ2n) is 3.15. The molecule has 1 amide bonds. The van der Waals surface area contributed by atoms with Crippen molar-refractivity contribution in [2.75, 3.05) is 5.32 Å². The molecule has 6 heteroatoms. The lowest BCUT2D eigenvalue weighted by Crippen LogP contribution is -2.27. The van der Waals surface area contributed by atoms with Crippen LogP contribution in [0.15, 0.2) is 18.2 Å². The summed E-state index contributed by atoms with van der Waals surface area (Å²) in [6.07, 6.45) is 0. The van der Waals surface area contributed by atoms with Crippen LogP contribution in [-0.2, 0) is 9.59 Å². The molecule has 0 radical (unpaired) electrons. The van der Waals surface area contributed by atoms with Gasteiger partial charge in [-0.05, 0) is 19.1 Å². The van der Waals surface area contributed by atoms with Gasteiger partial charge in [-0.15, -0.1) is 0 Å². The van der Waals surface area contributed by atoms with Crippen molar-refractivity contribution in [1.82, 2.24) is 0 Å². The van der Waals surface area contributed by atoms with Gasteiger partial charge in [0.25, 0.3) is 0 Å². The Morgan fingerprint density at radius 1 is 1.31 bits per heavy atom. The van der Waals surface area contributed by atoms with Gasteiger partial charge in [-0.3, -0.25) is 9.59 Å². The highest BCUT2D eigenvalue weighted by Gasteiger charge is 2.21. The normalized spacial score (nSPS) is 11.9. The molecule has 0 saturated heterocycles. The highest BCUT2D eigenvalue weighted by atomic mass is 35.5. The number of rotatable bonds is 3. The predicted octanol–water partition coefficient (Wildman–Crippen LogP) is 2.65. The maximum absolute atomic E-state index is 11.4. The van der Waals surface area contributed by atoms with E-state index in [0.717, 1.165) is 0 Å². The summed E-state index contributed by atoms with van der Waals surface area (Å²) >= 11 is 11.6. The first-order valence-corrected chi connectivity index (χ1v) is 5.16. The molecule has 1 aromatic rings. The first-order chi connectivity index (χ1) is 7.43. The molecule has 1 atom stereocenters. The Hall–Kier alpha value is -1.26. The van der Waals surface area contributed by atoms with Gasteiger partial charge < -0.3 is 10.4 Å². The zero-order valence-corrected chi connectivity index (χ0v) is 9.84. The van der Waals surface area contributed by atoms with Gasteiger partial charge in [0.05, 0.1) is 15.7 Å². The fourth-order valence-electron chi connectivity index (χ4n) is 0.961. The Kier molecular flexibility index (Phi) is 4.15. The van der Waals surface area contributed by atoms with E-state index in [-0.39, 0.29) is 15.7 Å². The summed E-state index contributed by atoms with van der Waals surface area (Å²) in [5.74, 6) is -3.03. The van der Waals surface area contributed by atoms with Crippen molar-refractivity contribution in [1.29, 1.82) is 0 Å². The second kappa shape index (κ2) is 5.18. The van der Waals surface area contributed by atoms with Gasteiger partial charge in [0.2, 0.25) is 5.91 Å². The number of anilines is 1. The molecule has 0 heterocycles. The molecule has 0 aromatic heterocycles. The van der Waals surface area contributed by atoms with Gasteiger partial charge in [0, 0.05) is 0 Å². The topological polar surface area (TPSA) is 66.4 Å². The second-order valence-corrected chi connectivity index (χ2v) is 3.96. The third kappa shape index (κ3) is 2.87. The number of benzene rings is 1. The van der Waals surface area contributed by atoms with Gasteiger partial charge >= 0.3 is 5.97 Å². The number of carbonyl (C=O) groups is 2. The molecule has 0 spiro atoms. The summed E-state index contributed by atoms with van der Waals surface area (Å²) < 4.78 is 0. The summed E-state index contributed by atoms with van der Waals surface area (Å²) in [4.78, 5) is 22.0. The monoisotopic (exact) mass is 261 g/mol. The number of aliphatic carboxylic acids is 1. The number of carbonyl (C=O) groups excluding carboxylic acids is 1. The van der Waals surface area contributed by atoms with E-state index >= 15 is 0 Å². The predicted molar refractivity (Wildman–Crippen MR) is 61.9 cm³/mol. The smallest absolute Gasteiger partial charge is 0.315 e. The van der Waals surface area contributed by atoms with Crippen LogP contribution in [0.2, 0.25) is 10.0 Å². The molecular weight excluding hydrogens is 253 g/mol. The molecule has 0 aliphatic rings. The van der Waals surface area contributed by atoms with Crippen LogP contribution in [0, 0.1) is 5.92 Å². The largest absolute Gasteiger partial charge is 0.481 e. The number of amides is 1. The van der Waals surface area contributed by atoms with E-state index < -0.39 is 17.8 Å². The fourth-order valence-corrected chi connectivity index (χ4v) is 1.45. The van der Waals surface area contributed by atoms with E-state index in [1.165, 1.54) is 6.92 Å². The fraction of sp³-hybridized carbons (Fsp3) is 0.200. The molecular formula is C10H9Cl2NO3. The molecule has 2 N–H and O–H groups in total. The zero-order valence-electron chi connectivity index (χ0n) is 8.33. The summed E-state index contributed by atoms with van der Waals surface area (Å²) in [5.41, 5.74) is 0.226. The number of hydrogen-bond acceptors (Lipinski definition) is 2. The van der Waals surface area contributed by atoms with Crippen molar-refractivity contribution < 1.29 is 14.7 Å². The minimum absolute atomic E-state index is 0.226. The molecule has 86 valence electrons. The van der Waals surface area contributed by atoms with Gasteiger partial charge in [-0.2, -0.15) is 0 Å². The summed E-state index contributed by atoms with van der Waals surface area (Å²) in [7, 11) is 0. The number of carboxylic acid groups (broad SMARTS) is 1. The Morgan fingerprint density at radius 2 is 1.81 bits per heavy atom. The van der Waals surface area contributed by atoms with Crippen molar-refractivity contribution in [3.8, 4) is 0 Å². The summed E-state index contributed by atoms with van der Waals surface area (Å²) in [5, 5.41) is 11.5. The Bertz CT molecular complexity index is 414. The van der Waals surface area contributed by atoms with E-state index in [2.05, 4.69) is 5.32 Å². The van der Waals surface area contributed by atoms with E-state index in [1.807, 2.05) is 0 Å². The molecule has 0 bridgehead atoms. The lowest BCUT2D eigenvalue weighted by molar-refractivity contribution is -0.144. The minimum atomic E-state index is -1.21. The van der Waals surface area contributed by atoms with Crippen LogP contribution in [0.4, 0.5) is 5.69 Å². The Balaban J connectivity index is 2.89. The molecule has 0 aliphatic carbocycles. The van der Waals surface area contributed by atoms with E-state index in [9.17, 15) is 9.59 Å². The van der Waals surface area contributed by atoms with Crippen LogP contribution in [0.3, 0.4) is 0 Å². The average molecular weight is 262 g/mol. The molecule has 4 nitrogen and oxygen atoms in total. The molecule has 0 aliphatic heterocycles. The summed E-state index contributed by atoms with van der Waals surface area (Å²) in [6, 6.07) is 4.73. The van der Waals surface area contributed by atoms with Crippen molar-refractivity contribution in [3.05, 3.63) is 28.2 Å². The lowest BCUT2D eigenvalue weighted by atomic mass is 10.1. The third-order valence-electron chi connectivity index (χ3n) is 1.97. The molecule has 0 saturated carbocycles. The molecule has 1 rings (SSSR count). The number of para-hydroxylation sites is 1. The molecule has 16 heavy (non-hydrogen) atoms. The zero-order chi connectivity index (χ0) is 12.3. The average Bonchev–Trinajstić information content (AvgIpc) is 2.22. The first-order valence-electron chi connectivity index (χ1n) is 4.41. The number of carboxylic acids is 1. The highest BCUT2D eigenvalue weighted by molar-refractivity contribution is 6.39. The Labute approximate surface area is 102 Å².